The van der Waals surface area contributed by atoms with E-state index in [4.69, 9.17) is 5.14 Å². The third-order valence-corrected chi connectivity index (χ3v) is 9.10. The summed E-state index contributed by atoms with van der Waals surface area (Å²) in [4.78, 5) is 16.8. The molecule has 202 valence electrons. The molecule has 3 N–H and O–H groups in total. The van der Waals surface area contributed by atoms with Crippen LogP contribution in [-0.2, 0) is 10.0 Å². The van der Waals surface area contributed by atoms with Gasteiger partial charge in [-0.05, 0) is 36.1 Å². The van der Waals surface area contributed by atoms with Crippen LogP contribution in [0.25, 0.3) is 22.2 Å². The number of nitrogens with two attached hydrogens (primary N) is 1. The fourth-order valence-electron chi connectivity index (χ4n) is 6.35. The summed E-state index contributed by atoms with van der Waals surface area (Å²) < 4.78 is 27.0. The molecule has 1 amide bonds. The molecule has 1 saturated heterocycles. The number of rotatable bonds is 5. The number of piperazine rings is 1. The summed E-state index contributed by atoms with van der Waals surface area (Å²) in [5.74, 6) is -0.0351. The minimum absolute atomic E-state index is 0.0351. The van der Waals surface area contributed by atoms with E-state index in [1.165, 1.54) is 12.5 Å². The second-order valence-corrected chi connectivity index (χ2v) is 12.2. The van der Waals surface area contributed by atoms with E-state index in [1.54, 1.807) is 12.1 Å². The van der Waals surface area contributed by atoms with Gasteiger partial charge in [0.2, 0.25) is 10.0 Å². The molecule has 1 aromatic heterocycles. The van der Waals surface area contributed by atoms with Gasteiger partial charge in [-0.3, -0.25) is 4.79 Å². The third-order valence-electron chi connectivity index (χ3n) is 8.19. The molecule has 2 heterocycles. The Hall–Kier alpha value is -3.46. The van der Waals surface area contributed by atoms with Crippen LogP contribution in [0.1, 0.15) is 60.1 Å². The first-order valence-corrected chi connectivity index (χ1v) is 15.3. The molecular weight excluding hydrogens is 508 g/mol. The number of aromatic nitrogens is 1. The maximum absolute atomic E-state index is 14.7. The number of nitrogens with one attached hydrogen (secondary N) is 1. The Bertz CT molecular complexity index is 1590. The van der Waals surface area contributed by atoms with E-state index in [9.17, 15) is 13.2 Å². The average molecular weight is 543 g/mol. The fourth-order valence-corrected chi connectivity index (χ4v) is 6.88. The van der Waals surface area contributed by atoms with E-state index >= 15 is 0 Å². The highest BCUT2D eigenvalue weighted by Crippen LogP contribution is 2.42. The molecule has 2 aliphatic rings. The van der Waals surface area contributed by atoms with E-state index in [1.807, 2.05) is 53.4 Å². The zero-order valence-electron chi connectivity index (χ0n) is 21.9. The topological polar surface area (TPSA) is 97.4 Å². The van der Waals surface area contributed by atoms with Crippen molar-refractivity contribution in [1.29, 1.82) is 0 Å². The lowest BCUT2D eigenvalue weighted by Gasteiger charge is -2.37. The standard InChI is InChI=1S/C31H34N4O3S/c32-39(37,38)25-16-17-26-27(20-25)35(24-14-8-3-9-15-24)30(23-12-6-2-7-13-23)29(26)31(36)34-19-18-33-21-28(34)22-10-4-1-5-11-22/h1-2,4-7,10-13,16-17,20,24,28,33H,3,8-9,14-15,18-19,21H2,(H2,32,37,38). The highest BCUT2D eigenvalue weighted by atomic mass is 32.2. The number of nitrogens with zero attached hydrogens (tertiary/aromatic N) is 2. The van der Waals surface area contributed by atoms with Gasteiger partial charge in [0, 0.05) is 31.1 Å². The van der Waals surface area contributed by atoms with Crippen LogP contribution in [-0.4, -0.2) is 43.4 Å². The Kier molecular flexibility index (Phi) is 7.01. The van der Waals surface area contributed by atoms with Crippen LogP contribution >= 0.6 is 0 Å². The normalized spacial score (nSPS) is 18.9. The number of hydrogen-bond acceptors (Lipinski definition) is 4. The van der Waals surface area contributed by atoms with Crippen molar-refractivity contribution < 1.29 is 13.2 Å². The van der Waals surface area contributed by atoms with Crippen molar-refractivity contribution in [3.05, 3.63) is 90.0 Å². The lowest BCUT2D eigenvalue weighted by Crippen LogP contribution is -2.48. The van der Waals surface area contributed by atoms with Gasteiger partial charge in [-0.1, -0.05) is 86.0 Å². The van der Waals surface area contributed by atoms with Gasteiger partial charge in [-0.15, -0.1) is 0 Å². The number of fused-ring (bicyclic) bond motifs is 1. The third kappa shape index (κ3) is 4.88. The lowest BCUT2D eigenvalue weighted by molar-refractivity contribution is 0.0637. The zero-order chi connectivity index (χ0) is 27.0. The predicted molar refractivity (Wildman–Crippen MR) is 154 cm³/mol. The molecule has 1 aliphatic carbocycles. The Morgan fingerprint density at radius 1 is 0.897 bits per heavy atom. The van der Waals surface area contributed by atoms with E-state index in [-0.39, 0.29) is 22.9 Å². The van der Waals surface area contributed by atoms with Crippen molar-refractivity contribution in [2.45, 2.75) is 49.1 Å². The Balaban J connectivity index is 1.61. The van der Waals surface area contributed by atoms with Crippen LogP contribution in [0.15, 0.2) is 83.8 Å². The maximum atomic E-state index is 14.7. The quantitative estimate of drug-likeness (QED) is 0.360. The van der Waals surface area contributed by atoms with Gasteiger partial charge in [0.15, 0.2) is 0 Å². The van der Waals surface area contributed by atoms with E-state index < -0.39 is 10.0 Å². The van der Waals surface area contributed by atoms with E-state index in [0.29, 0.717) is 25.2 Å². The van der Waals surface area contributed by atoms with Crippen LogP contribution < -0.4 is 10.5 Å². The SMILES string of the molecule is NS(=O)(=O)c1ccc2c(C(=O)N3CCNCC3c3ccccc3)c(-c3ccccc3)n(C3CCCCC3)c2c1. The molecular formula is C31H34N4O3S. The van der Waals surface area contributed by atoms with Gasteiger partial charge < -0.3 is 14.8 Å². The largest absolute Gasteiger partial charge is 0.337 e. The molecule has 1 unspecified atom stereocenters. The number of primary sulfonamides is 1. The second kappa shape index (κ2) is 10.6. The molecule has 8 heteroatoms. The molecule has 2 fully saturated rings. The van der Waals surface area contributed by atoms with Crippen LogP contribution in [0.4, 0.5) is 0 Å². The average Bonchev–Trinajstić information content (AvgIpc) is 3.32. The molecule has 3 aromatic carbocycles. The number of hydrogen-bond donors (Lipinski definition) is 2. The van der Waals surface area contributed by atoms with E-state index in [2.05, 4.69) is 22.0 Å². The molecule has 6 rings (SSSR count). The van der Waals surface area contributed by atoms with Gasteiger partial charge in [-0.25, -0.2) is 13.6 Å². The number of amides is 1. The Labute approximate surface area is 229 Å². The Morgan fingerprint density at radius 2 is 1.59 bits per heavy atom. The number of carbonyl (C=O) groups is 1. The highest BCUT2D eigenvalue weighted by molar-refractivity contribution is 7.89. The van der Waals surface area contributed by atoms with E-state index in [0.717, 1.165) is 53.4 Å². The molecule has 1 saturated carbocycles. The number of sulfonamides is 1. The van der Waals surface area contributed by atoms with Crippen molar-refractivity contribution in [3.8, 4) is 11.3 Å². The monoisotopic (exact) mass is 542 g/mol. The molecule has 0 radical (unpaired) electrons. The first-order chi connectivity index (χ1) is 18.9. The number of carbonyl (C=O) groups excluding carboxylic acids is 1. The van der Waals surface area contributed by atoms with Crippen LogP contribution in [0, 0.1) is 0 Å². The van der Waals surface area contributed by atoms with Gasteiger partial charge in [0.25, 0.3) is 5.91 Å². The minimum atomic E-state index is -3.91. The second-order valence-electron chi connectivity index (χ2n) is 10.6. The van der Waals surface area contributed by atoms with Gasteiger partial charge in [0.05, 0.1) is 27.7 Å². The highest BCUT2D eigenvalue weighted by Gasteiger charge is 2.35. The van der Waals surface area contributed by atoms with Crippen molar-refractivity contribution in [3.63, 3.8) is 0 Å². The summed E-state index contributed by atoms with van der Waals surface area (Å²) >= 11 is 0. The maximum Gasteiger partial charge on any atom is 0.257 e. The molecule has 1 aliphatic heterocycles. The zero-order valence-corrected chi connectivity index (χ0v) is 22.7. The van der Waals surface area contributed by atoms with Crippen LogP contribution in [0.5, 0.6) is 0 Å². The van der Waals surface area contributed by atoms with Gasteiger partial charge in [-0.2, -0.15) is 0 Å². The summed E-state index contributed by atoms with van der Waals surface area (Å²) in [6.45, 7) is 1.97. The smallest absolute Gasteiger partial charge is 0.257 e. The van der Waals surface area contributed by atoms with Crippen molar-refractivity contribution >= 4 is 26.8 Å². The van der Waals surface area contributed by atoms with Crippen molar-refractivity contribution in [2.75, 3.05) is 19.6 Å². The van der Waals surface area contributed by atoms with Crippen LogP contribution in [0.3, 0.4) is 0 Å². The molecule has 4 aromatic rings. The predicted octanol–water partition coefficient (Wildman–Crippen LogP) is 5.25. The summed E-state index contributed by atoms with van der Waals surface area (Å²) in [5, 5.41) is 9.79. The summed E-state index contributed by atoms with van der Waals surface area (Å²) in [6, 6.07) is 25.2. The number of benzene rings is 3. The summed E-state index contributed by atoms with van der Waals surface area (Å²) in [5.41, 5.74) is 4.28. The minimum Gasteiger partial charge on any atom is -0.337 e. The molecule has 7 nitrogen and oxygen atoms in total. The van der Waals surface area contributed by atoms with Crippen molar-refractivity contribution in [1.82, 2.24) is 14.8 Å². The first kappa shape index (κ1) is 25.8. The summed E-state index contributed by atoms with van der Waals surface area (Å²) in [7, 11) is -3.91. The molecule has 1 atom stereocenters. The Morgan fingerprint density at radius 3 is 2.28 bits per heavy atom. The van der Waals surface area contributed by atoms with Gasteiger partial charge >= 0.3 is 0 Å². The van der Waals surface area contributed by atoms with Crippen molar-refractivity contribution in [2.24, 2.45) is 5.14 Å². The fraction of sp³-hybridized carbons (Fsp3) is 0.323. The molecule has 0 spiro atoms. The van der Waals surface area contributed by atoms with Crippen LogP contribution in [0.2, 0.25) is 0 Å². The molecule has 39 heavy (non-hydrogen) atoms. The lowest BCUT2D eigenvalue weighted by atomic mass is 9.94. The van der Waals surface area contributed by atoms with Gasteiger partial charge in [0.1, 0.15) is 0 Å². The summed E-state index contributed by atoms with van der Waals surface area (Å²) in [6.07, 6.45) is 5.35. The first-order valence-electron chi connectivity index (χ1n) is 13.8. The molecule has 0 bridgehead atoms.